The summed E-state index contributed by atoms with van der Waals surface area (Å²) >= 11 is 1.70. The van der Waals surface area contributed by atoms with Crippen LogP contribution in [0.15, 0.2) is 41.8 Å². The van der Waals surface area contributed by atoms with Crippen molar-refractivity contribution in [3.8, 4) is 0 Å². The van der Waals surface area contributed by atoms with Gasteiger partial charge in [-0.2, -0.15) is 0 Å². The van der Waals surface area contributed by atoms with Crippen LogP contribution in [0, 0.1) is 5.92 Å². The maximum Gasteiger partial charge on any atom is 0.243 e. The Kier molecular flexibility index (Phi) is 3.97. The molecule has 3 nitrogen and oxygen atoms in total. The molecule has 1 aliphatic heterocycles. The van der Waals surface area contributed by atoms with Crippen LogP contribution in [0.5, 0.6) is 0 Å². The smallest absolute Gasteiger partial charge is 0.243 e. The lowest BCUT2D eigenvalue weighted by Crippen LogP contribution is -2.41. The van der Waals surface area contributed by atoms with Crippen molar-refractivity contribution in [1.82, 2.24) is 5.32 Å². The molecule has 0 saturated heterocycles. The Bertz CT molecular complexity index is 596. The normalized spacial score (nSPS) is 18.1. The van der Waals surface area contributed by atoms with Gasteiger partial charge in [-0.25, -0.2) is 0 Å². The third-order valence-corrected chi connectivity index (χ3v) is 4.86. The van der Waals surface area contributed by atoms with Crippen molar-refractivity contribution in [2.75, 3.05) is 5.32 Å². The second-order valence-corrected chi connectivity index (χ2v) is 6.78. The zero-order valence-corrected chi connectivity index (χ0v) is 13.1. The molecular formula is C17H20N2OS. The Balaban J connectivity index is 1.69. The first kappa shape index (κ1) is 14.1. The van der Waals surface area contributed by atoms with Crippen LogP contribution in [0.25, 0.3) is 0 Å². The summed E-state index contributed by atoms with van der Waals surface area (Å²) in [4.78, 5) is 13.8. The SMILES string of the molecule is CC(C)C(NC(=O)[C@@H]1Cc2ccccc2N1)c1cccs1. The van der Waals surface area contributed by atoms with Crippen molar-refractivity contribution in [2.24, 2.45) is 5.92 Å². The average Bonchev–Trinajstić information content (AvgIpc) is 3.12. The Morgan fingerprint density at radius 2 is 2.10 bits per heavy atom. The van der Waals surface area contributed by atoms with Crippen LogP contribution in [0.4, 0.5) is 5.69 Å². The molecule has 2 aromatic rings. The van der Waals surface area contributed by atoms with Crippen LogP contribution in [-0.4, -0.2) is 11.9 Å². The molecule has 0 saturated carbocycles. The van der Waals surface area contributed by atoms with E-state index in [1.54, 1.807) is 11.3 Å². The highest BCUT2D eigenvalue weighted by molar-refractivity contribution is 7.10. The second kappa shape index (κ2) is 5.90. The molecule has 1 amide bonds. The van der Waals surface area contributed by atoms with Gasteiger partial charge in [0.2, 0.25) is 5.91 Å². The van der Waals surface area contributed by atoms with Gasteiger partial charge in [0.1, 0.15) is 6.04 Å². The summed E-state index contributed by atoms with van der Waals surface area (Å²) in [5.41, 5.74) is 2.30. The maximum atomic E-state index is 12.6. The van der Waals surface area contributed by atoms with E-state index >= 15 is 0 Å². The number of rotatable bonds is 4. The molecule has 2 heterocycles. The lowest BCUT2D eigenvalue weighted by atomic mass is 10.0. The van der Waals surface area contributed by atoms with Gasteiger partial charge in [0.15, 0.2) is 0 Å². The topological polar surface area (TPSA) is 41.1 Å². The number of carbonyl (C=O) groups excluding carboxylic acids is 1. The molecule has 0 spiro atoms. The van der Waals surface area contributed by atoms with Gasteiger partial charge in [0.05, 0.1) is 6.04 Å². The summed E-state index contributed by atoms with van der Waals surface area (Å²) in [6.45, 7) is 4.28. The van der Waals surface area contributed by atoms with Gasteiger partial charge < -0.3 is 10.6 Å². The molecule has 4 heteroatoms. The highest BCUT2D eigenvalue weighted by atomic mass is 32.1. The molecule has 0 fully saturated rings. The van der Waals surface area contributed by atoms with E-state index < -0.39 is 0 Å². The summed E-state index contributed by atoms with van der Waals surface area (Å²) in [5, 5.41) is 8.58. The summed E-state index contributed by atoms with van der Waals surface area (Å²) in [5.74, 6) is 0.453. The van der Waals surface area contributed by atoms with Gasteiger partial charge in [-0.1, -0.05) is 38.1 Å². The predicted molar refractivity (Wildman–Crippen MR) is 87.6 cm³/mol. The first-order valence-electron chi connectivity index (χ1n) is 7.33. The Morgan fingerprint density at radius 3 is 2.76 bits per heavy atom. The zero-order valence-electron chi connectivity index (χ0n) is 12.3. The number of thiophene rings is 1. The number of hydrogen-bond donors (Lipinski definition) is 2. The van der Waals surface area contributed by atoms with Crippen molar-refractivity contribution < 1.29 is 4.79 Å². The monoisotopic (exact) mass is 300 g/mol. The van der Waals surface area contributed by atoms with Crippen molar-refractivity contribution >= 4 is 22.9 Å². The van der Waals surface area contributed by atoms with Gasteiger partial charge in [-0.05, 0) is 29.0 Å². The van der Waals surface area contributed by atoms with Gasteiger partial charge in [-0.3, -0.25) is 4.79 Å². The number of anilines is 1. The minimum atomic E-state index is -0.163. The minimum absolute atomic E-state index is 0.0818. The summed E-state index contributed by atoms with van der Waals surface area (Å²) in [6, 6.07) is 12.2. The summed E-state index contributed by atoms with van der Waals surface area (Å²) < 4.78 is 0. The van der Waals surface area contributed by atoms with E-state index in [4.69, 9.17) is 0 Å². The Hall–Kier alpha value is -1.81. The number of para-hydroxylation sites is 1. The van der Waals surface area contributed by atoms with Gasteiger partial charge in [0, 0.05) is 17.0 Å². The quantitative estimate of drug-likeness (QED) is 0.906. The Labute approximate surface area is 129 Å². The third-order valence-electron chi connectivity index (χ3n) is 3.90. The zero-order chi connectivity index (χ0) is 14.8. The Morgan fingerprint density at radius 1 is 1.29 bits per heavy atom. The van der Waals surface area contributed by atoms with Crippen molar-refractivity contribution in [3.05, 3.63) is 52.2 Å². The average molecular weight is 300 g/mol. The first-order chi connectivity index (χ1) is 10.1. The molecule has 0 aliphatic carbocycles. The van der Waals surface area contributed by atoms with Crippen LogP contribution >= 0.6 is 11.3 Å². The molecule has 110 valence electrons. The van der Waals surface area contributed by atoms with Crippen LogP contribution in [0.1, 0.15) is 30.3 Å². The number of hydrogen-bond acceptors (Lipinski definition) is 3. The fourth-order valence-electron chi connectivity index (χ4n) is 2.74. The van der Waals surface area contributed by atoms with Crippen molar-refractivity contribution in [3.63, 3.8) is 0 Å². The fourth-order valence-corrected chi connectivity index (χ4v) is 3.69. The number of amides is 1. The number of carbonyl (C=O) groups is 1. The minimum Gasteiger partial charge on any atom is -0.373 e. The lowest BCUT2D eigenvalue weighted by Gasteiger charge is -2.23. The van der Waals surface area contributed by atoms with Gasteiger partial charge >= 0.3 is 0 Å². The predicted octanol–water partition coefficient (Wildman–Crippen LogP) is 3.60. The fraction of sp³-hybridized carbons (Fsp3) is 0.353. The van der Waals surface area contributed by atoms with E-state index in [1.165, 1.54) is 10.4 Å². The standard InChI is InChI=1S/C17H20N2OS/c1-11(2)16(15-8-5-9-21-15)19-17(20)14-10-12-6-3-4-7-13(12)18-14/h3-9,11,14,16,18H,10H2,1-2H3,(H,19,20)/t14-,16?/m0/s1. The van der Waals surface area contributed by atoms with E-state index in [2.05, 4.69) is 42.0 Å². The largest absolute Gasteiger partial charge is 0.373 e. The molecule has 1 unspecified atom stereocenters. The van der Waals surface area contributed by atoms with E-state index in [9.17, 15) is 4.79 Å². The van der Waals surface area contributed by atoms with Crippen LogP contribution in [-0.2, 0) is 11.2 Å². The molecule has 1 aromatic heterocycles. The highest BCUT2D eigenvalue weighted by Gasteiger charge is 2.29. The highest BCUT2D eigenvalue weighted by Crippen LogP contribution is 2.28. The van der Waals surface area contributed by atoms with Crippen LogP contribution in [0.2, 0.25) is 0 Å². The van der Waals surface area contributed by atoms with E-state index in [0.717, 1.165) is 12.1 Å². The summed E-state index contributed by atoms with van der Waals surface area (Å²) in [7, 11) is 0. The van der Waals surface area contributed by atoms with Crippen LogP contribution in [0.3, 0.4) is 0 Å². The molecule has 1 aliphatic rings. The number of nitrogens with one attached hydrogen (secondary N) is 2. The first-order valence-corrected chi connectivity index (χ1v) is 8.21. The molecule has 0 bridgehead atoms. The maximum absolute atomic E-state index is 12.6. The van der Waals surface area contributed by atoms with E-state index in [0.29, 0.717) is 5.92 Å². The molecular weight excluding hydrogens is 280 g/mol. The number of fused-ring (bicyclic) bond motifs is 1. The second-order valence-electron chi connectivity index (χ2n) is 5.80. The summed E-state index contributed by atoms with van der Waals surface area (Å²) in [6.07, 6.45) is 0.761. The molecule has 21 heavy (non-hydrogen) atoms. The molecule has 3 rings (SSSR count). The molecule has 2 atom stereocenters. The van der Waals surface area contributed by atoms with Crippen molar-refractivity contribution in [1.29, 1.82) is 0 Å². The van der Waals surface area contributed by atoms with E-state index in [1.807, 2.05) is 24.3 Å². The van der Waals surface area contributed by atoms with Crippen molar-refractivity contribution in [2.45, 2.75) is 32.4 Å². The molecule has 0 radical (unpaired) electrons. The third kappa shape index (κ3) is 2.95. The van der Waals surface area contributed by atoms with Crippen LogP contribution < -0.4 is 10.6 Å². The van der Waals surface area contributed by atoms with Gasteiger partial charge in [0.25, 0.3) is 0 Å². The van der Waals surface area contributed by atoms with Gasteiger partial charge in [-0.15, -0.1) is 11.3 Å². The van der Waals surface area contributed by atoms with E-state index in [-0.39, 0.29) is 18.0 Å². The number of benzene rings is 1. The molecule has 1 aromatic carbocycles. The molecule has 2 N–H and O–H groups in total. The lowest BCUT2D eigenvalue weighted by molar-refractivity contribution is -0.122.